The van der Waals surface area contributed by atoms with E-state index in [4.69, 9.17) is 9.62 Å². The number of hydroxylamine groups is 1. The molecule has 0 fully saturated rings. The van der Waals surface area contributed by atoms with Gasteiger partial charge in [-0.25, -0.2) is 4.39 Å². The van der Waals surface area contributed by atoms with Gasteiger partial charge in [-0.2, -0.15) is 5.48 Å². The highest BCUT2D eigenvalue weighted by Crippen LogP contribution is 2.32. The van der Waals surface area contributed by atoms with E-state index < -0.39 is 0 Å². The first kappa shape index (κ1) is 12.1. The van der Waals surface area contributed by atoms with Crippen LogP contribution < -0.4 is 5.48 Å². The van der Waals surface area contributed by atoms with E-state index in [1.807, 2.05) is 20.8 Å². The normalized spacial score (nSPS) is 13.5. The molecule has 0 radical (unpaired) electrons. The fourth-order valence-corrected chi connectivity index (χ4v) is 2.02. The van der Waals surface area contributed by atoms with E-state index in [1.165, 1.54) is 12.1 Å². The maximum Gasteiger partial charge on any atom is 0.134 e. The average Bonchev–Trinajstić information content (AvgIpc) is 2.58. The van der Waals surface area contributed by atoms with Crippen molar-refractivity contribution < 1.29 is 14.0 Å². The van der Waals surface area contributed by atoms with Gasteiger partial charge in [-0.05, 0) is 31.0 Å². The highest BCUT2D eigenvalue weighted by molar-refractivity contribution is 5.82. The number of fused-ring (bicyclic) bond motifs is 1. The lowest BCUT2D eigenvalue weighted by atomic mass is 9.99. The molecule has 1 heterocycles. The molecule has 0 saturated carbocycles. The van der Waals surface area contributed by atoms with Crippen LogP contribution in [0.3, 0.4) is 0 Å². The zero-order valence-corrected chi connectivity index (χ0v) is 10.1. The molecule has 4 heteroatoms. The molecule has 1 aromatic carbocycles. The summed E-state index contributed by atoms with van der Waals surface area (Å²) in [6.45, 7) is 5.82. The molecule has 0 saturated heterocycles. The van der Waals surface area contributed by atoms with Gasteiger partial charge in [0.2, 0.25) is 0 Å². The summed E-state index contributed by atoms with van der Waals surface area (Å²) >= 11 is 0. The monoisotopic (exact) mass is 237 g/mol. The minimum Gasteiger partial charge on any atom is -0.459 e. The Morgan fingerprint density at radius 3 is 2.65 bits per heavy atom. The molecule has 1 atom stereocenters. The third kappa shape index (κ3) is 2.06. The van der Waals surface area contributed by atoms with E-state index in [0.29, 0.717) is 11.3 Å². The second-order valence-electron chi connectivity index (χ2n) is 4.58. The fourth-order valence-electron chi connectivity index (χ4n) is 2.02. The minimum absolute atomic E-state index is 0.170. The second-order valence-corrected chi connectivity index (χ2v) is 4.58. The molecule has 1 unspecified atom stereocenters. The van der Waals surface area contributed by atoms with Crippen LogP contribution in [0, 0.1) is 18.7 Å². The Morgan fingerprint density at radius 2 is 2.06 bits per heavy atom. The molecule has 0 bridgehead atoms. The lowest BCUT2D eigenvalue weighted by Gasteiger charge is -2.17. The van der Waals surface area contributed by atoms with Crippen molar-refractivity contribution in [2.45, 2.75) is 26.8 Å². The zero-order chi connectivity index (χ0) is 12.6. The predicted octanol–water partition coefficient (Wildman–Crippen LogP) is 3.56. The van der Waals surface area contributed by atoms with Gasteiger partial charge in [0.25, 0.3) is 0 Å². The second kappa shape index (κ2) is 4.47. The average molecular weight is 237 g/mol. The number of rotatable bonds is 3. The summed E-state index contributed by atoms with van der Waals surface area (Å²) in [6.07, 6.45) is 0. The van der Waals surface area contributed by atoms with E-state index >= 15 is 0 Å². The maximum absolute atomic E-state index is 13.2. The van der Waals surface area contributed by atoms with Crippen LogP contribution in [0.4, 0.5) is 4.39 Å². The Hall–Kier alpha value is -1.39. The third-order valence-corrected chi connectivity index (χ3v) is 3.02. The first-order chi connectivity index (χ1) is 8.04. The van der Waals surface area contributed by atoms with Crippen LogP contribution in [0.1, 0.15) is 31.2 Å². The van der Waals surface area contributed by atoms with Crippen molar-refractivity contribution in [2.75, 3.05) is 0 Å². The molecule has 92 valence electrons. The smallest absolute Gasteiger partial charge is 0.134 e. The van der Waals surface area contributed by atoms with Gasteiger partial charge >= 0.3 is 0 Å². The van der Waals surface area contributed by atoms with Gasteiger partial charge in [-0.1, -0.05) is 13.8 Å². The molecular weight excluding hydrogens is 221 g/mol. The van der Waals surface area contributed by atoms with E-state index in [0.717, 1.165) is 10.9 Å². The molecular formula is C13H16FNO2. The van der Waals surface area contributed by atoms with Crippen LogP contribution >= 0.6 is 0 Å². The van der Waals surface area contributed by atoms with E-state index in [9.17, 15) is 4.39 Å². The predicted molar refractivity (Wildman–Crippen MR) is 63.4 cm³/mol. The Labute approximate surface area is 99.2 Å². The summed E-state index contributed by atoms with van der Waals surface area (Å²) in [5, 5.41) is 9.92. The molecule has 0 aliphatic rings. The molecule has 3 nitrogen and oxygen atoms in total. The van der Waals surface area contributed by atoms with E-state index in [1.54, 1.807) is 6.07 Å². The molecule has 2 aromatic rings. The third-order valence-electron chi connectivity index (χ3n) is 3.02. The van der Waals surface area contributed by atoms with Crippen molar-refractivity contribution >= 4 is 11.0 Å². The van der Waals surface area contributed by atoms with Crippen molar-refractivity contribution in [3.63, 3.8) is 0 Å². The number of halogens is 1. The largest absolute Gasteiger partial charge is 0.459 e. The number of hydrogen-bond donors (Lipinski definition) is 2. The highest BCUT2D eigenvalue weighted by Gasteiger charge is 2.22. The number of hydrogen-bond acceptors (Lipinski definition) is 3. The van der Waals surface area contributed by atoms with Gasteiger partial charge < -0.3 is 9.62 Å². The standard InChI is InChI=1S/C13H16FNO2/c1-7(2)12(15-16)13-8(3)10-6-9(14)4-5-11(10)17-13/h4-7,12,15-16H,1-3H3. The summed E-state index contributed by atoms with van der Waals surface area (Å²) in [4.78, 5) is 0. The van der Waals surface area contributed by atoms with E-state index in [-0.39, 0.29) is 17.8 Å². The van der Waals surface area contributed by atoms with Crippen LogP contribution in [0.2, 0.25) is 0 Å². The molecule has 0 aliphatic carbocycles. The summed E-state index contributed by atoms with van der Waals surface area (Å²) in [5.74, 6) is 0.540. The molecule has 0 spiro atoms. The molecule has 1 aromatic heterocycles. The van der Waals surface area contributed by atoms with E-state index in [2.05, 4.69) is 5.48 Å². The minimum atomic E-state index is -0.287. The molecule has 2 N–H and O–H groups in total. The van der Waals surface area contributed by atoms with Crippen LogP contribution in [-0.2, 0) is 0 Å². The van der Waals surface area contributed by atoms with Crippen LogP contribution in [0.25, 0.3) is 11.0 Å². The number of nitrogens with one attached hydrogen (secondary N) is 1. The lowest BCUT2D eigenvalue weighted by molar-refractivity contribution is 0.0940. The van der Waals surface area contributed by atoms with Crippen molar-refractivity contribution in [3.05, 3.63) is 35.3 Å². The topological polar surface area (TPSA) is 45.4 Å². The number of benzene rings is 1. The summed E-state index contributed by atoms with van der Waals surface area (Å²) in [7, 11) is 0. The molecule has 0 aliphatic heterocycles. The van der Waals surface area contributed by atoms with Gasteiger partial charge in [0.1, 0.15) is 17.2 Å². The van der Waals surface area contributed by atoms with Crippen molar-refractivity contribution in [1.82, 2.24) is 5.48 Å². The Bertz CT molecular complexity index is 533. The summed E-state index contributed by atoms with van der Waals surface area (Å²) in [5.41, 5.74) is 3.75. The van der Waals surface area contributed by atoms with Gasteiger partial charge in [0.15, 0.2) is 0 Å². The quantitative estimate of drug-likeness (QED) is 0.802. The first-order valence-electron chi connectivity index (χ1n) is 5.62. The lowest BCUT2D eigenvalue weighted by Crippen LogP contribution is -2.22. The van der Waals surface area contributed by atoms with Crippen LogP contribution in [0.5, 0.6) is 0 Å². The van der Waals surface area contributed by atoms with Crippen molar-refractivity contribution in [1.29, 1.82) is 0 Å². The first-order valence-corrected chi connectivity index (χ1v) is 5.62. The highest BCUT2D eigenvalue weighted by atomic mass is 19.1. The maximum atomic E-state index is 13.2. The number of furan rings is 1. The van der Waals surface area contributed by atoms with Crippen LogP contribution in [-0.4, -0.2) is 5.21 Å². The van der Waals surface area contributed by atoms with Crippen LogP contribution in [0.15, 0.2) is 22.6 Å². The SMILES string of the molecule is Cc1c(C(NO)C(C)C)oc2ccc(F)cc12. The Kier molecular flexibility index (Phi) is 3.17. The van der Waals surface area contributed by atoms with Gasteiger partial charge in [-0.3, -0.25) is 0 Å². The molecule has 0 amide bonds. The van der Waals surface area contributed by atoms with Gasteiger partial charge in [0.05, 0.1) is 6.04 Å². The summed E-state index contributed by atoms with van der Waals surface area (Å²) < 4.78 is 18.8. The zero-order valence-electron chi connectivity index (χ0n) is 10.1. The fraction of sp³-hybridized carbons (Fsp3) is 0.385. The Morgan fingerprint density at radius 1 is 1.35 bits per heavy atom. The van der Waals surface area contributed by atoms with Gasteiger partial charge in [-0.15, -0.1) is 0 Å². The Balaban J connectivity index is 2.59. The van der Waals surface area contributed by atoms with Crippen molar-refractivity contribution in [2.24, 2.45) is 5.92 Å². The molecule has 2 rings (SSSR count). The van der Waals surface area contributed by atoms with Crippen molar-refractivity contribution in [3.8, 4) is 0 Å². The van der Waals surface area contributed by atoms with Gasteiger partial charge in [0, 0.05) is 10.9 Å². The molecule has 17 heavy (non-hydrogen) atoms. The number of aryl methyl sites for hydroxylation is 1. The summed E-state index contributed by atoms with van der Waals surface area (Å²) in [6, 6.07) is 4.14.